The topological polar surface area (TPSA) is 143 Å². The second-order valence-corrected chi connectivity index (χ2v) is 5.63. The molecule has 0 bridgehead atoms. The number of aromatic hydroxyl groups is 3. The highest BCUT2D eigenvalue weighted by molar-refractivity contribution is 5.67. The summed E-state index contributed by atoms with van der Waals surface area (Å²) in [5.41, 5.74) is -1.16. The molecule has 146 valence electrons. The molecule has 0 aliphatic heterocycles. The van der Waals surface area contributed by atoms with Crippen LogP contribution in [0, 0.1) is 27.6 Å². The fourth-order valence-electron chi connectivity index (χ4n) is 2.41. The van der Waals surface area contributed by atoms with Crippen molar-refractivity contribution < 1.29 is 37.9 Å². The average molecular weight is 397 g/mol. The van der Waals surface area contributed by atoms with Crippen molar-refractivity contribution in [2.24, 2.45) is 0 Å². The second-order valence-electron chi connectivity index (χ2n) is 5.63. The fourth-order valence-corrected chi connectivity index (χ4v) is 2.41. The minimum Gasteiger partial charge on any atom is -0.504 e. The molecule has 0 spiro atoms. The molecule has 0 aliphatic rings. The van der Waals surface area contributed by atoms with Crippen LogP contribution in [0.1, 0.15) is 11.4 Å². The van der Waals surface area contributed by atoms with Gasteiger partial charge in [0.25, 0.3) is 5.89 Å². The van der Waals surface area contributed by atoms with E-state index in [1.165, 1.54) is 0 Å². The Morgan fingerprint density at radius 2 is 1.75 bits per heavy atom. The maximum absolute atomic E-state index is 13.8. The highest BCUT2D eigenvalue weighted by Gasteiger charge is 2.22. The molecular formula is C16H10F3N3O6. The van der Waals surface area contributed by atoms with Gasteiger partial charge in [-0.2, -0.15) is 9.37 Å². The Morgan fingerprint density at radius 1 is 1.04 bits per heavy atom. The summed E-state index contributed by atoms with van der Waals surface area (Å²) in [6.07, 6.45) is -0.312. The number of halogens is 3. The second kappa shape index (κ2) is 7.06. The monoisotopic (exact) mass is 397 g/mol. The highest BCUT2D eigenvalue weighted by Crippen LogP contribution is 2.39. The predicted molar refractivity (Wildman–Crippen MR) is 85.1 cm³/mol. The first-order chi connectivity index (χ1) is 13.2. The Balaban J connectivity index is 1.84. The predicted octanol–water partition coefficient (Wildman–Crippen LogP) is 2.96. The van der Waals surface area contributed by atoms with Gasteiger partial charge in [0.2, 0.25) is 11.6 Å². The van der Waals surface area contributed by atoms with Crippen LogP contribution >= 0.6 is 0 Å². The van der Waals surface area contributed by atoms with Crippen LogP contribution in [0.2, 0.25) is 0 Å². The summed E-state index contributed by atoms with van der Waals surface area (Å²) in [5, 5.41) is 42.7. The number of phenolic OH excluding ortho intramolecular Hbond substituents is 3. The van der Waals surface area contributed by atoms with E-state index in [0.717, 1.165) is 12.1 Å². The number of benzene rings is 2. The number of hydrogen-bond acceptors (Lipinski definition) is 8. The third-order valence-electron chi connectivity index (χ3n) is 3.81. The molecule has 1 aromatic heterocycles. The van der Waals surface area contributed by atoms with Crippen LogP contribution in [0.4, 0.5) is 18.9 Å². The lowest BCUT2D eigenvalue weighted by molar-refractivity contribution is -0.385. The van der Waals surface area contributed by atoms with Crippen LogP contribution in [-0.2, 0) is 12.8 Å². The first-order valence-electron chi connectivity index (χ1n) is 7.57. The van der Waals surface area contributed by atoms with Gasteiger partial charge < -0.3 is 19.8 Å². The standard InChI is InChI=1S/C16H10F3N3O6/c17-8-3-6(12(18)15(25)13(8)19)1-2-11-20-16(28-21-11)7-4-9(22(26)27)14(24)10(23)5-7/h3-5,23-25H,1-2H2. The molecule has 3 rings (SSSR count). The minimum atomic E-state index is -1.70. The SMILES string of the molecule is O=[N+]([O-])c1cc(-c2nc(CCc3cc(F)c(F)c(O)c3F)no2)cc(O)c1O. The van der Waals surface area contributed by atoms with Crippen molar-refractivity contribution in [1.29, 1.82) is 0 Å². The van der Waals surface area contributed by atoms with Crippen molar-refractivity contribution >= 4 is 5.69 Å². The highest BCUT2D eigenvalue weighted by atomic mass is 19.2. The minimum absolute atomic E-state index is 0.00570. The van der Waals surface area contributed by atoms with Crippen molar-refractivity contribution in [3.05, 3.63) is 57.2 Å². The van der Waals surface area contributed by atoms with Crippen LogP contribution in [0.3, 0.4) is 0 Å². The van der Waals surface area contributed by atoms with Gasteiger partial charge in [-0.1, -0.05) is 5.16 Å². The van der Waals surface area contributed by atoms with Crippen LogP contribution < -0.4 is 0 Å². The summed E-state index contributed by atoms with van der Waals surface area (Å²) in [6, 6.07) is 2.46. The van der Waals surface area contributed by atoms with Crippen molar-refractivity contribution in [2.75, 3.05) is 0 Å². The first-order valence-corrected chi connectivity index (χ1v) is 7.57. The van der Waals surface area contributed by atoms with E-state index in [2.05, 4.69) is 10.1 Å². The average Bonchev–Trinajstić information content (AvgIpc) is 3.12. The van der Waals surface area contributed by atoms with Gasteiger partial charge in [0.1, 0.15) is 0 Å². The molecule has 1 heterocycles. The molecule has 0 amide bonds. The molecule has 12 heteroatoms. The lowest BCUT2D eigenvalue weighted by Gasteiger charge is -2.05. The first kappa shape index (κ1) is 18.9. The lowest BCUT2D eigenvalue weighted by Crippen LogP contribution is -2.00. The van der Waals surface area contributed by atoms with Gasteiger partial charge in [-0.3, -0.25) is 10.1 Å². The van der Waals surface area contributed by atoms with Crippen LogP contribution in [0.25, 0.3) is 11.5 Å². The van der Waals surface area contributed by atoms with E-state index in [4.69, 9.17) is 4.52 Å². The number of hydrogen-bond donors (Lipinski definition) is 3. The zero-order valence-corrected chi connectivity index (χ0v) is 13.7. The molecule has 0 unspecified atom stereocenters. The molecular weight excluding hydrogens is 387 g/mol. The number of rotatable bonds is 5. The fraction of sp³-hybridized carbons (Fsp3) is 0.125. The molecule has 0 atom stereocenters. The number of phenols is 3. The van der Waals surface area contributed by atoms with E-state index in [0.29, 0.717) is 6.07 Å². The molecule has 0 saturated heterocycles. The third kappa shape index (κ3) is 3.39. The summed E-state index contributed by atoms with van der Waals surface area (Å²) < 4.78 is 45.1. The van der Waals surface area contributed by atoms with Gasteiger partial charge in [0, 0.05) is 12.5 Å². The van der Waals surface area contributed by atoms with Crippen molar-refractivity contribution in [1.82, 2.24) is 10.1 Å². The van der Waals surface area contributed by atoms with Gasteiger partial charge >= 0.3 is 5.69 Å². The van der Waals surface area contributed by atoms with E-state index in [-0.39, 0.29) is 35.7 Å². The molecule has 9 nitrogen and oxygen atoms in total. The van der Waals surface area contributed by atoms with Gasteiger partial charge in [-0.25, -0.2) is 8.78 Å². The van der Waals surface area contributed by atoms with Crippen LogP contribution in [0.5, 0.6) is 17.2 Å². The molecule has 0 saturated carbocycles. The quantitative estimate of drug-likeness (QED) is 0.258. The van der Waals surface area contributed by atoms with E-state index in [9.17, 15) is 38.6 Å². The molecule has 0 aliphatic carbocycles. The Kier molecular flexibility index (Phi) is 4.78. The maximum Gasteiger partial charge on any atom is 0.315 e. The smallest absolute Gasteiger partial charge is 0.315 e. The van der Waals surface area contributed by atoms with Crippen LogP contribution in [-0.4, -0.2) is 30.4 Å². The number of aryl methyl sites for hydroxylation is 2. The Labute approximate surface area is 153 Å². The summed E-state index contributed by atoms with van der Waals surface area (Å²) in [7, 11) is 0. The van der Waals surface area contributed by atoms with E-state index in [1.807, 2.05) is 0 Å². The largest absolute Gasteiger partial charge is 0.504 e. The summed E-state index contributed by atoms with van der Waals surface area (Å²) >= 11 is 0. The van der Waals surface area contributed by atoms with Crippen molar-refractivity contribution in [3.8, 4) is 28.7 Å². The zero-order chi connectivity index (χ0) is 20.6. The summed E-state index contributed by atoms with van der Waals surface area (Å²) in [4.78, 5) is 13.9. The van der Waals surface area contributed by atoms with Gasteiger partial charge in [-0.05, 0) is 24.1 Å². The maximum atomic E-state index is 13.8. The number of nitrogens with zero attached hydrogens (tertiary/aromatic N) is 3. The Hall–Kier alpha value is -3.83. The normalized spacial score (nSPS) is 11.0. The van der Waals surface area contributed by atoms with E-state index in [1.54, 1.807) is 0 Å². The molecule has 28 heavy (non-hydrogen) atoms. The molecule has 2 aromatic carbocycles. The Bertz CT molecular complexity index is 1090. The van der Waals surface area contributed by atoms with Gasteiger partial charge in [0.05, 0.1) is 10.5 Å². The molecule has 3 N–H and O–H groups in total. The molecule has 0 fully saturated rings. The third-order valence-corrected chi connectivity index (χ3v) is 3.81. The summed E-state index contributed by atoms with van der Waals surface area (Å²) in [6.45, 7) is 0. The summed E-state index contributed by atoms with van der Waals surface area (Å²) in [5.74, 6) is -7.81. The van der Waals surface area contributed by atoms with Crippen LogP contribution in [0.15, 0.2) is 22.7 Å². The van der Waals surface area contributed by atoms with Crippen molar-refractivity contribution in [3.63, 3.8) is 0 Å². The number of nitro benzene ring substituents is 1. The zero-order valence-electron chi connectivity index (χ0n) is 13.7. The molecule has 0 radical (unpaired) electrons. The van der Waals surface area contributed by atoms with E-state index >= 15 is 0 Å². The van der Waals surface area contributed by atoms with Gasteiger partial charge in [-0.15, -0.1) is 0 Å². The number of nitro groups is 1. The Morgan fingerprint density at radius 3 is 2.43 bits per heavy atom. The van der Waals surface area contributed by atoms with E-state index < -0.39 is 45.3 Å². The molecule has 3 aromatic rings. The van der Waals surface area contributed by atoms with Gasteiger partial charge in [0.15, 0.2) is 29.0 Å². The van der Waals surface area contributed by atoms with Crippen molar-refractivity contribution in [2.45, 2.75) is 12.8 Å². The lowest BCUT2D eigenvalue weighted by atomic mass is 10.1. The number of aromatic nitrogens is 2.